The summed E-state index contributed by atoms with van der Waals surface area (Å²) in [6, 6.07) is 5.06. The minimum atomic E-state index is -0.841. The zero-order valence-electron chi connectivity index (χ0n) is 12.7. The van der Waals surface area contributed by atoms with Crippen LogP contribution in [0.2, 0.25) is 6.32 Å². The molecule has 2 heterocycles. The van der Waals surface area contributed by atoms with Gasteiger partial charge in [0.15, 0.2) is 17.3 Å². The summed E-state index contributed by atoms with van der Waals surface area (Å²) in [5.74, 6) is -0.135. The molecule has 0 saturated heterocycles. The molecule has 0 aliphatic carbocycles. The third-order valence-electron chi connectivity index (χ3n) is 3.67. The first-order valence-corrected chi connectivity index (χ1v) is 7.03. The fourth-order valence-corrected chi connectivity index (χ4v) is 2.51. The maximum Gasteiger partial charge on any atom is 0.526 e. The lowest BCUT2D eigenvalue weighted by Gasteiger charge is -2.12. The molecule has 0 atom stereocenters. The van der Waals surface area contributed by atoms with Crippen molar-refractivity contribution in [2.45, 2.75) is 6.32 Å². The zero-order valence-corrected chi connectivity index (χ0v) is 12.7. The normalized spacial score (nSPS) is 13.6. The third-order valence-corrected chi connectivity index (χ3v) is 3.67. The molecule has 5 nitrogen and oxygen atoms in total. The van der Waals surface area contributed by atoms with Crippen LogP contribution in [0.1, 0.15) is 5.56 Å². The number of hydrogen-bond acceptors (Lipinski definition) is 5. The molecule has 1 aliphatic heterocycles. The van der Waals surface area contributed by atoms with Gasteiger partial charge in [0, 0.05) is 29.8 Å². The molecule has 1 aromatic carbocycles. The number of aromatic nitrogens is 1. The second-order valence-corrected chi connectivity index (χ2v) is 5.06. The highest BCUT2D eigenvalue weighted by Gasteiger charge is 2.24. The molecular weight excluding hydrogens is 300 g/mol. The van der Waals surface area contributed by atoms with E-state index in [1.807, 2.05) is 0 Å². The van der Waals surface area contributed by atoms with Gasteiger partial charge in [-0.1, -0.05) is 0 Å². The topological polar surface area (TPSA) is 60.8 Å². The van der Waals surface area contributed by atoms with Gasteiger partial charge in [-0.05, 0) is 29.3 Å². The summed E-state index contributed by atoms with van der Waals surface area (Å²) < 4.78 is 29.9. The van der Waals surface area contributed by atoms with E-state index in [1.54, 1.807) is 30.6 Å². The van der Waals surface area contributed by atoms with Gasteiger partial charge in [0.05, 0.1) is 20.5 Å². The molecule has 0 fully saturated rings. The maximum absolute atomic E-state index is 14.7. The van der Waals surface area contributed by atoms with E-state index in [-0.39, 0.29) is 5.75 Å². The van der Waals surface area contributed by atoms with Crippen molar-refractivity contribution in [3.05, 3.63) is 48.2 Å². The quantitative estimate of drug-likeness (QED) is 0.879. The van der Waals surface area contributed by atoms with Crippen LogP contribution in [0.15, 0.2) is 36.9 Å². The third kappa shape index (κ3) is 2.87. The van der Waals surface area contributed by atoms with Gasteiger partial charge in [-0.25, -0.2) is 4.39 Å². The van der Waals surface area contributed by atoms with Crippen LogP contribution in [-0.4, -0.2) is 31.3 Å². The summed E-state index contributed by atoms with van der Waals surface area (Å²) in [7, 11) is 2.00. The van der Waals surface area contributed by atoms with Gasteiger partial charge in [-0.2, -0.15) is 0 Å². The molecule has 1 aromatic heterocycles. The summed E-state index contributed by atoms with van der Waals surface area (Å²) in [5.41, 5.74) is 2.54. The average Bonchev–Trinajstić information content (AvgIpc) is 3.01. The largest absolute Gasteiger partial charge is 0.542 e. The number of ether oxygens (including phenoxy) is 2. The van der Waals surface area contributed by atoms with Gasteiger partial charge in [0.2, 0.25) is 0 Å². The van der Waals surface area contributed by atoms with Gasteiger partial charge < -0.3 is 19.2 Å². The molecule has 0 unspecified atom stereocenters. The number of hydrogen-bond donors (Lipinski definition) is 1. The van der Waals surface area contributed by atoms with Gasteiger partial charge in [0.25, 0.3) is 0 Å². The Morgan fingerprint density at radius 1 is 1.22 bits per heavy atom. The smallest absolute Gasteiger partial charge is 0.526 e. The van der Waals surface area contributed by atoms with Crippen molar-refractivity contribution in [3.8, 4) is 22.6 Å². The van der Waals surface area contributed by atoms with Crippen molar-refractivity contribution >= 4 is 12.7 Å². The van der Waals surface area contributed by atoms with E-state index in [9.17, 15) is 9.41 Å². The highest BCUT2D eigenvalue weighted by Crippen LogP contribution is 2.37. The molecule has 0 amide bonds. The highest BCUT2D eigenvalue weighted by molar-refractivity contribution is 6.47. The molecule has 0 bridgehead atoms. The zero-order chi connectivity index (χ0) is 16.4. The molecule has 7 heteroatoms. The van der Waals surface area contributed by atoms with Crippen molar-refractivity contribution in [1.82, 2.24) is 4.98 Å². The molecule has 23 heavy (non-hydrogen) atoms. The van der Waals surface area contributed by atoms with E-state index in [0.29, 0.717) is 23.2 Å². The first-order valence-electron chi connectivity index (χ1n) is 7.03. The number of benzene rings is 1. The molecule has 1 aliphatic rings. The second kappa shape index (κ2) is 6.30. The fourth-order valence-electron chi connectivity index (χ4n) is 2.51. The number of pyridine rings is 1. The molecule has 118 valence electrons. The van der Waals surface area contributed by atoms with E-state index in [1.165, 1.54) is 20.5 Å². The van der Waals surface area contributed by atoms with Crippen molar-refractivity contribution < 1.29 is 23.5 Å². The predicted molar refractivity (Wildman–Crippen MR) is 84.6 cm³/mol. The van der Waals surface area contributed by atoms with Crippen LogP contribution in [0.3, 0.4) is 0 Å². The number of nitrogens with zero attached hydrogens (tertiary/aromatic N) is 1. The van der Waals surface area contributed by atoms with Gasteiger partial charge in [0.1, 0.15) is 0 Å². The predicted octanol–water partition coefficient (Wildman–Crippen LogP) is 2.76. The first kappa shape index (κ1) is 15.4. The Morgan fingerprint density at radius 3 is 2.65 bits per heavy atom. The Kier molecular flexibility index (Phi) is 4.21. The Hall–Kier alpha value is -2.54. The number of rotatable bonds is 4. The Labute approximate surface area is 133 Å². The molecule has 0 spiro atoms. The van der Waals surface area contributed by atoms with Crippen LogP contribution in [0.25, 0.3) is 16.7 Å². The van der Waals surface area contributed by atoms with Crippen LogP contribution in [0, 0.1) is 5.82 Å². The first-order chi connectivity index (χ1) is 11.1. The molecule has 3 rings (SSSR count). The summed E-state index contributed by atoms with van der Waals surface area (Å²) in [4.78, 5) is 4.15. The SMILES string of the molecule is COc1ccc(-c2cncc(C3=COB(O)C3)c2)c(F)c1OC. The molecule has 1 N–H and O–H groups in total. The summed E-state index contributed by atoms with van der Waals surface area (Å²) >= 11 is 0. The molecule has 0 radical (unpaired) electrons. The van der Waals surface area contributed by atoms with Crippen LogP contribution in [0.5, 0.6) is 11.5 Å². The molecular formula is C16H15BFNO4. The van der Waals surface area contributed by atoms with E-state index in [4.69, 9.17) is 14.1 Å². The van der Waals surface area contributed by atoms with Crippen molar-refractivity contribution in [3.63, 3.8) is 0 Å². The van der Waals surface area contributed by atoms with E-state index in [2.05, 4.69) is 4.98 Å². The monoisotopic (exact) mass is 315 g/mol. The van der Waals surface area contributed by atoms with Gasteiger partial charge >= 0.3 is 7.12 Å². The lowest BCUT2D eigenvalue weighted by Crippen LogP contribution is -2.08. The van der Waals surface area contributed by atoms with Crippen molar-refractivity contribution in [1.29, 1.82) is 0 Å². The highest BCUT2D eigenvalue weighted by atomic mass is 19.1. The lowest BCUT2D eigenvalue weighted by atomic mass is 9.82. The second-order valence-electron chi connectivity index (χ2n) is 5.06. The van der Waals surface area contributed by atoms with E-state index < -0.39 is 12.9 Å². The fraction of sp³-hybridized carbons (Fsp3) is 0.188. The minimum Gasteiger partial charge on any atom is -0.542 e. The molecule has 0 saturated carbocycles. The molecule has 2 aromatic rings. The number of halogens is 1. The van der Waals surface area contributed by atoms with Crippen molar-refractivity contribution in [2.75, 3.05) is 14.2 Å². The van der Waals surface area contributed by atoms with Crippen molar-refractivity contribution in [2.24, 2.45) is 0 Å². The van der Waals surface area contributed by atoms with Gasteiger partial charge in [-0.3, -0.25) is 4.98 Å². The Bertz CT molecular complexity index is 766. The summed E-state index contributed by atoms with van der Waals surface area (Å²) in [6.07, 6.45) is 5.09. The van der Waals surface area contributed by atoms with E-state index >= 15 is 0 Å². The van der Waals surface area contributed by atoms with Crippen LogP contribution < -0.4 is 9.47 Å². The number of allylic oxidation sites excluding steroid dienone is 1. The Balaban J connectivity index is 2.03. The standard InChI is InChI=1S/C16H15BFNO4/c1-21-14-4-3-13(15(18)16(14)22-2)11-5-10(7-19-8-11)12-6-17(20)23-9-12/h3-5,7-9,20H,6H2,1-2H3. The van der Waals surface area contributed by atoms with Crippen LogP contribution in [-0.2, 0) is 4.65 Å². The minimum absolute atomic E-state index is 0.0502. The summed E-state index contributed by atoms with van der Waals surface area (Å²) in [6.45, 7) is 0. The maximum atomic E-state index is 14.7. The summed E-state index contributed by atoms with van der Waals surface area (Å²) in [5, 5.41) is 9.43. The van der Waals surface area contributed by atoms with E-state index in [0.717, 1.165) is 11.1 Å². The lowest BCUT2D eigenvalue weighted by molar-refractivity contribution is 0.338. The number of methoxy groups -OCH3 is 2. The van der Waals surface area contributed by atoms with Crippen LogP contribution in [0.4, 0.5) is 4.39 Å². The van der Waals surface area contributed by atoms with Gasteiger partial charge in [-0.15, -0.1) is 0 Å². The van der Waals surface area contributed by atoms with Crippen LogP contribution >= 0.6 is 0 Å². The Morgan fingerprint density at radius 2 is 2.00 bits per heavy atom. The average molecular weight is 315 g/mol.